The molecule has 1 atom stereocenters. The molecule has 2 aromatic rings. The highest BCUT2D eigenvalue weighted by Gasteiger charge is 2.34. The van der Waals surface area contributed by atoms with Gasteiger partial charge >= 0.3 is 0 Å². The molecule has 10 heteroatoms. The van der Waals surface area contributed by atoms with Crippen LogP contribution in [0.15, 0.2) is 29.4 Å². The van der Waals surface area contributed by atoms with E-state index in [9.17, 15) is 17.6 Å². The van der Waals surface area contributed by atoms with Gasteiger partial charge in [-0.1, -0.05) is 50.1 Å². The number of halogens is 1. The van der Waals surface area contributed by atoms with Crippen LogP contribution in [0.2, 0.25) is 0 Å². The van der Waals surface area contributed by atoms with Crippen molar-refractivity contribution in [2.24, 2.45) is 0 Å². The molecule has 1 aromatic heterocycles. The molecule has 0 spiro atoms. The van der Waals surface area contributed by atoms with Crippen molar-refractivity contribution < 1.29 is 17.6 Å². The van der Waals surface area contributed by atoms with Gasteiger partial charge in [0.1, 0.15) is 5.82 Å². The van der Waals surface area contributed by atoms with Crippen LogP contribution in [0.1, 0.15) is 57.9 Å². The summed E-state index contributed by atoms with van der Waals surface area (Å²) in [4.78, 5) is 14.8. The van der Waals surface area contributed by atoms with Crippen LogP contribution in [0, 0.1) is 5.82 Å². The predicted octanol–water partition coefficient (Wildman–Crippen LogP) is 4.11. The van der Waals surface area contributed by atoms with E-state index in [1.54, 1.807) is 23.1 Å². The lowest BCUT2D eigenvalue weighted by atomic mass is 9.95. The molecular weight excluding hydrogens is 463 g/mol. The van der Waals surface area contributed by atoms with Gasteiger partial charge in [0.15, 0.2) is 20.8 Å². The third-order valence-corrected chi connectivity index (χ3v) is 9.16. The van der Waals surface area contributed by atoms with Gasteiger partial charge in [0.05, 0.1) is 22.8 Å². The maximum Gasteiger partial charge on any atom is 0.233 e. The molecule has 7 nitrogen and oxygen atoms in total. The average Bonchev–Trinajstić information content (AvgIpc) is 3.39. The maximum absolute atomic E-state index is 14.6. The number of nitrogens with zero attached hydrogens (tertiary/aromatic N) is 4. The van der Waals surface area contributed by atoms with Crippen molar-refractivity contribution in [3.8, 4) is 11.4 Å². The molecule has 4 rings (SSSR count). The Morgan fingerprint density at radius 3 is 2.61 bits per heavy atom. The molecule has 180 valence electrons. The first kappa shape index (κ1) is 24.2. The predicted molar refractivity (Wildman–Crippen MR) is 127 cm³/mol. The standard InChI is InChI=1S/C23H31FN4O3S2/c1-2-13-27(18-12-14-33(30,31)16-18)21(29)15-32-23-26-25-22(19-10-6-7-11-20(19)24)28(23)17-8-4-3-5-9-17/h6-7,10-11,17-18H,2-5,8-9,12-16H2,1H3/t18-/m0/s1. The van der Waals surface area contributed by atoms with Gasteiger partial charge in [0, 0.05) is 18.6 Å². The number of hydrogen-bond donors (Lipinski definition) is 0. The molecule has 1 amide bonds. The molecule has 1 saturated heterocycles. The summed E-state index contributed by atoms with van der Waals surface area (Å²) in [6.07, 6.45) is 6.60. The van der Waals surface area contributed by atoms with Crippen molar-refractivity contribution in [3.63, 3.8) is 0 Å². The van der Waals surface area contributed by atoms with E-state index in [1.807, 2.05) is 11.5 Å². The van der Waals surface area contributed by atoms with Crippen molar-refractivity contribution in [1.82, 2.24) is 19.7 Å². The van der Waals surface area contributed by atoms with Crippen molar-refractivity contribution in [2.75, 3.05) is 23.8 Å². The largest absolute Gasteiger partial charge is 0.338 e. The Hall–Kier alpha value is -1.94. The molecule has 1 aromatic carbocycles. The fourth-order valence-electron chi connectivity index (χ4n) is 4.85. The highest BCUT2D eigenvalue weighted by atomic mass is 32.2. The molecule has 1 saturated carbocycles. The summed E-state index contributed by atoms with van der Waals surface area (Å²) in [6, 6.07) is 6.49. The van der Waals surface area contributed by atoms with E-state index in [0.717, 1.165) is 32.1 Å². The molecule has 0 N–H and O–H groups in total. The number of aromatic nitrogens is 3. The summed E-state index contributed by atoms with van der Waals surface area (Å²) >= 11 is 1.31. The second-order valence-electron chi connectivity index (χ2n) is 8.88. The SMILES string of the molecule is CCCN(C(=O)CSc1nnc(-c2ccccc2F)n1C1CCCCC1)[C@H]1CCS(=O)(=O)C1. The van der Waals surface area contributed by atoms with Crippen molar-refractivity contribution in [2.45, 2.75) is 69.1 Å². The van der Waals surface area contributed by atoms with E-state index in [1.165, 1.54) is 24.2 Å². The van der Waals surface area contributed by atoms with Crippen molar-refractivity contribution >= 4 is 27.5 Å². The number of sulfone groups is 1. The summed E-state index contributed by atoms with van der Waals surface area (Å²) < 4.78 is 40.5. The normalized spacial score (nSPS) is 20.7. The van der Waals surface area contributed by atoms with Gasteiger partial charge in [-0.3, -0.25) is 9.36 Å². The molecule has 0 radical (unpaired) electrons. The van der Waals surface area contributed by atoms with E-state index < -0.39 is 9.84 Å². The number of benzene rings is 1. The lowest BCUT2D eigenvalue weighted by Crippen LogP contribution is -2.42. The van der Waals surface area contributed by atoms with Gasteiger partial charge < -0.3 is 4.90 Å². The first-order valence-corrected chi connectivity index (χ1v) is 14.5. The second kappa shape index (κ2) is 10.5. The van der Waals surface area contributed by atoms with Crippen molar-refractivity contribution in [1.29, 1.82) is 0 Å². The van der Waals surface area contributed by atoms with E-state index in [0.29, 0.717) is 29.5 Å². The van der Waals surface area contributed by atoms with E-state index in [2.05, 4.69) is 10.2 Å². The Kier molecular flexibility index (Phi) is 7.73. The van der Waals surface area contributed by atoms with Gasteiger partial charge in [-0.15, -0.1) is 10.2 Å². The Balaban J connectivity index is 1.56. The number of carbonyl (C=O) groups is 1. The molecule has 2 aliphatic rings. The summed E-state index contributed by atoms with van der Waals surface area (Å²) in [5, 5.41) is 9.29. The smallest absolute Gasteiger partial charge is 0.233 e. The molecule has 0 bridgehead atoms. The minimum atomic E-state index is -3.07. The topological polar surface area (TPSA) is 85.2 Å². The Morgan fingerprint density at radius 2 is 1.94 bits per heavy atom. The Morgan fingerprint density at radius 1 is 1.18 bits per heavy atom. The molecule has 0 unspecified atom stereocenters. The minimum absolute atomic E-state index is 0.0408. The molecule has 2 heterocycles. The second-order valence-corrected chi connectivity index (χ2v) is 12.1. The van der Waals surface area contributed by atoms with Crippen LogP contribution < -0.4 is 0 Å². The number of hydrogen-bond acceptors (Lipinski definition) is 6. The minimum Gasteiger partial charge on any atom is -0.338 e. The fraction of sp³-hybridized carbons (Fsp3) is 0.609. The van der Waals surface area contributed by atoms with E-state index in [4.69, 9.17) is 0 Å². The first-order valence-electron chi connectivity index (χ1n) is 11.7. The van der Waals surface area contributed by atoms with Crippen molar-refractivity contribution in [3.05, 3.63) is 30.1 Å². The number of amides is 1. The average molecular weight is 495 g/mol. The highest BCUT2D eigenvalue weighted by molar-refractivity contribution is 7.99. The van der Waals surface area contributed by atoms with Crippen LogP contribution in [-0.4, -0.2) is 63.8 Å². The summed E-state index contributed by atoms with van der Waals surface area (Å²) in [5.41, 5.74) is 0.414. The zero-order valence-electron chi connectivity index (χ0n) is 19.0. The Bertz CT molecular complexity index is 1080. The third kappa shape index (κ3) is 5.59. The molecule has 2 fully saturated rings. The number of carbonyl (C=O) groups excluding carboxylic acids is 1. The summed E-state index contributed by atoms with van der Waals surface area (Å²) in [7, 11) is -3.07. The fourth-order valence-corrected chi connectivity index (χ4v) is 7.47. The summed E-state index contributed by atoms with van der Waals surface area (Å²) in [6.45, 7) is 2.52. The van der Waals surface area contributed by atoms with Crippen LogP contribution >= 0.6 is 11.8 Å². The summed E-state index contributed by atoms with van der Waals surface area (Å²) in [5.74, 6) is 0.404. The van der Waals surface area contributed by atoms with Gasteiger partial charge in [0.25, 0.3) is 0 Å². The van der Waals surface area contributed by atoms with E-state index >= 15 is 0 Å². The Labute approximate surface area is 199 Å². The lowest BCUT2D eigenvalue weighted by Gasteiger charge is -2.28. The molecular formula is C23H31FN4O3S2. The quantitative estimate of drug-likeness (QED) is 0.514. The monoisotopic (exact) mass is 494 g/mol. The van der Waals surface area contributed by atoms with Gasteiger partial charge in [-0.25, -0.2) is 12.8 Å². The van der Waals surface area contributed by atoms with Gasteiger partial charge in [-0.2, -0.15) is 0 Å². The van der Waals surface area contributed by atoms with Crippen LogP contribution in [-0.2, 0) is 14.6 Å². The van der Waals surface area contributed by atoms with Gasteiger partial charge in [-0.05, 0) is 37.8 Å². The maximum atomic E-state index is 14.6. The van der Waals surface area contributed by atoms with Gasteiger partial charge in [0.2, 0.25) is 5.91 Å². The number of thioether (sulfide) groups is 1. The van der Waals surface area contributed by atoms with Crippen LogP contribution in [0.5, 0.6) is 0 Å². The first-order chi connectivity index (χ1) is 15.9. The highest BCUT2D eigenvalue weighted by Crippen LogP contribution is 2.36. The number of rotatable bonds is 8. The van der Waals surface area contributed by atoms with Crippen LogP contribution in [0.4, 0.5) is 4.39 Å². The van der Waals surface area contributed by atoms with Crippen LogP contribution in [0.25, 0.3) is 11.4 Å². The van der Waals surface area contributed by atoms with Crippen LogP contribution in [0.3, 0.4) is 0 Å². The zero-order valence-corrected chi connectivity index (χ0v) is 20.6. The molecule has 1 aliphatic carbocycles. The lowest BCUT2D eigenvalue weighted by molar-refractivity contribution is -0.130. The zero-order chi connectivity index (χ0) is 23.4. The molecule has 33 heavy (non-hydrogen) atoms. The molecule has 1 aliphatic heterocycles. The third-order valence-electron chi connectivity index (χ3n) is 6.48. The van der Waals surface area contributed by atoms with E-state index in [-0.39, 0.29) is 41.1 Å².